The van der Waals surface area contributed by atoms with Gasteiger partial charge in [-0.15, -0.1) is 11.8 Å². The summed E-state index contributed by atoms with van der Waals surface area (Å²) in [7, 11) is -3.52. The second-order valence-corrected chi connectivity index (χ2v) is 6.79. The van der Waals surface area contributed by atoms with Crippen LogP contribution in [0.5, 0.6) is 0 Å². The number of nitrogens with one attached hydrogen (secondary N) is 1. The van der Waals surface area contributed by atoms with Crippen LogP contribution < -0.4 is 4.72 Å². The summed E-state index contributed by atoms with van der Waals surface area (Å²) in [5.41, 5.74) is 0. The number of benzene rings is 1. The minimum atomic E-state index is -3.52. The number of sulfonamides is 1. The van der Waals surface area contributed by atoms with Gasteiger partial charge < -0.3 is 10.2 Å². The molecule has 0 heterocycles. The number of thioether (sulfide) groups is 1. The Hall–Kier alpha value is -0.600. The molecule has 19 heavy (non-hydrogen) atoms. The Balaban J connectivity index is 2.89. The number of aliphatic hydroxyl groups excluding tert-OH is 2. The molecule has 1 aromatic carbocycles. The van der Waals surface area contributed by atoms with Crippen LogP contribution in [0.2, 0.25) is 0 Å². The van der Waals surface area contributed by atoms with Gasteiger partial charge in [0.15, 0.2) is 0 Å². The van der Waals surface area contributed by atoms with Crippen molar-refractivity contribution in [2.45, 2.75) is 29.2 Å². The molecule has 1 unspecified atom stereocenters. The molecular formula is C12H19NO4S2. The van der Waals surface area contributed by atoms with Crippen LogP contribution in [-0.2, 0) is 10.0 Å². The third-order valence-corrected chi connectivity index (χ3v) is 5.19. The van der Waals surface area contributed by atoms with Crippen molar-refractivity contribution in [3.05, 3.63) is 24.3 Å². The molecule has 0 amide bonds. The fourth-order valence-electron chi connectivity index (χ4n) is 1.34. The maximum atomic E-state index is 12.1. The van der Waals surface area contributed by atoms with Gasteiger partial charge in [0.25, 0.3) is 0 Å². The van der Waals surface area contributed by atoms with Gasteiger partial charge in [-0.2, -0.15) is 0 Å². The first-order valence-corrected chi connectivity index (χ1v) is 8.48. The summed E-state index contributed by atoms with van der Waals surface area (Å²) in [6.45, 7) is 1.94. The topological polar surface area (TPSA) is 86.6 Å². The first-order chi connectivity index (χ1) is 9.01. The molecule has 0 bridgehead atoms. The van der Waals surface area contributed by atoms with E-state index < -0.39 is 16.1 Å². The van der Waals surface area contributed by atoms with Crippen LogP contribution in [0, 0.1) is 0 Å². The third kappa shape index (κ3) is 5.12. The van der Waals surface area contributed by atoms with Gasteiger partial charge >= 0.3 is 0 Å². The summed E-state index contributed by atoms with van der Waals surface area (Å²) < 4.78 is 26.7. The van der Waals surface area contributed by atoms with E-state index in [0.717, 1.165) is 6.42 Å². The predicted octanol–water partition coefficient (Wildman–Crippen LogP) is 0.820. The maximum Gasteiger partial charge on any atom is 0.241 e. The standard InChI is InChI=1S/C12H19NO4S2/c1-2-7-13-19(16,17)12-6-4-3-5-11(12)18-9-10(15)8-14/h3-6,10,13-15H,2,7-9H2,1H3. The van der Waals surface area contributed by atoms with Gasteiger partial charge in [0.2, 0.25) is 10.0 Å². The minimum absolute atomic E-state index is 0.207. The molecular weight excluding hydrogens is 286 g/mol. The van der Waals surface area contributed by atoms with E-state index in [2.05, 4.69) is 4.72 Å². The SMILES string of the molecule is CCCNS(=O)(=O)c1ccccc1SCC(O)CO. The van der Waals surface area contributed by atoms with Gasteiger partial charge in [-0.1, -0.05) is 19.1 Å². The lowest BCUT2D eigenvalue weighted by atomic mass is 10.4. The minimum Gasteiger partial charge on any atom is -0.394 e. The summed E-state index contributed by atoms with van der Waals surface area (Å²) in [6, 6.07) is 6.63. The van der Waals surface area contributed by atoms with E-state index in [-0.39, 0.29) is 17.3 Å². The van der Waals surface area contributed by atoms with E-state index in [9.17, 15) is 13.5 Å². The van der Waals surface area contributed by atoms with Crippen molar-refractivity contribution in [3.8, 4) is 0 Å². The highest BCUT2D eigenvalue weighted by atomic mass is 32.2. The molecule has 1 rings (SSSR count). The molecule has 0 aliphatic rings. The fourth-order valence-corrected chi connectivity index (χ4v) is 3.93. The number of aliphatic hydroxyl groups is 2. The van der Waals surface area contributed by atoms with E-state index in [1.54, 1.807) is 18.2 Å². The number of rotatable bonds is 8. The molecule has 0 radical (unpaired) electrons. The number of hydrogen-bond acceptors (Lipinski definition) is 5. The van der Waals surface area contributed by atoms with Crippen molar-refractivity contribution in [3.63, 3.8) is 0 Å². The molecule has 0 saturated carbocycles. The molecule has 5 nitrogen and oxygen atoms in total. The Morgan fingerprint density at radius 1 is 1.37 bits per heavy atom. The van der Waals surface area contributed by atoms with Crippen molar-refractivity contribution >= 4 is 21.8 Å². The molecule has 7 heteroatoms. The van der Waals surface area contributed by atoms with E-state index in [1.165, 1.54) is 17.8 Å². The van der Waals surface area contributed by atoms with Crippen LogP contribution >= 0.6 is 11.8 Å². The zero-order chi connectivity index (χ0) is 14.3. The van der Waals surface area contributed by atoms with Crippen LogP contribution in [0.15, 0.2) is 34.1 Å². The summed E-state index contributed by atoms with van der Waals surface area (Å²) in [4.78, 5) is 0.775. The van der Waals surface area contributed by atoms with Crippen molar-refractivity contribution < 1.29 is 18.6 Å². The van der Waals surface area contributed by atoms with Crippen LogP contribution in [0.3, 0.4) is 0 Å². The Bertz CT molecular complexity index is 490. The van der Waals surface area contributed by atoms with Gasteiger partial charge in [0.05, 0.1) is 17.6 Å². The van der Waals surface area contributed by atoms with Gasteiger partial charge in [0.1, 0.15) is 0 Å². The second kappa shape index (κ2) is 7.86. The molecule has 0 aliphatic carbocycles. The normalized spacial score (nSPS) is 13.4. The highest BCUT2D eigenvalue weighted by molar-refractivity contribution is 8.00. The monoisotopic (exact) mass is 305 g/mol. The predicted molar refractivity (Wildman–Crippen MR) is 75.7 cm³/mol. The van der Waals surface area contributed by atoms with E-state index >= 15 is 0 Å². The van der Waals surface area contributed by atoms with Crippen LogP contribution in [-0.4, -0.2) is 43.6 Å². The Morgan fingerprint density at radius 2 is 2.05 bits per heavy atom. The van der Waals surface area contributed by atoms with E-state index in [0.29, 0.717) is 11.4 Å². The molecule has 3 N–H and O–H groups in total. The molecule has 108 valence electrons. The van der Waals surface area contributed by atoms with Crippen molar-refractivity contribution in [1.82, 2.24) is 4.72 Å². The highest BCUT2D eigenvalue weighted by Crippen LogP contribution is 2.26. The molecule has 0 fully saturated rings. The van der Waals surface area contributed by atoms with Crippen LogP contribution in [0.4, 0.5) is 0 Å². The lowest BCUT2D eigenvalue weighted by molar-refractivity contribution is 0.113. The summed E-state index contributed by atoms with van der Waals surface area (Å²) >= 11 is 1.21. The summed E-state index contributed by atoms with van der Waals surface area (Å²) in [6.07, 6.45) is -0.137. The fraction of sp³-hybridized carbons (Fsp3) is 0.500. The Labute approximate surface area is 118 Å². The largest absolute Gasteiger partial charge is 0.394 e. The summed E-state index contributed by atoms with van der Waals surface area (Å²) in [5.74, 6) is 0.247. The maximum absolute atomic E-state index is 12.1. The van der Waals surface area contributed by atoms with Crippen molar-refractivity contribution in [2.75, 3.05) is 18.9 Å². The first kappa shape index (κ1) is 16.5. The van der Waals surface area contributed by atoms with Gasteiger partial charge in [0, 0.05) is 17.2 Å². The average molecular weight is 305 g/mol. The first-order valence-electron chi connectivity index (χ1n) is 6.01. The molecule has 0 saturated heterocycles. The highest BCUT2D eigenvalue weighted by Gasteiger charge is 2.18. The molecule has 0 aromatic heterocycles. The van der Waals surface area contributed by atoms with E-state index in [1.807, 2.05) is 6.92 Å². The van der Waals surface area contributed by atoms with Gasteiger partial charge in [-0.25, -0.2) is 13.1 Å². The van der Waals surface area contributed by atoms with Gasteiger partial charge in [-0.3, -0.25) is 0 Å². The molecule has 1 atom stereocenters. The Morgan fingerprint density at radius 3 is 2.68 bits per heavy atom. The lowest BCUT2D eigenvalue weighted by Gasteiger charge is -2.12. The van der Waals surface area contributed by atoms with Crippen LogP contribution in [0.25, 0.3) is 0 Å². The zero-order valence-electron chi connectivity index (χ0n) is 10.7. The molecule has 1 aromatic rings. The Kier molecular flexibility index (Phi) is 6.81. The zero-order valence-corrected chi connectivity index (χ0v) is 12.4. The summed E-state index contributed by atoms with van der Waals surface area (Å²) in [5, 5.41) is 18.1. The van der Waals surface area contributed by atoms with Crippen molar-refractivity contribution in [2.24, 2.45) is 0 Å². The van der Waals surface area contributed by atoms with Crippen LogP contribution in [0.1, 0.15) is 13.3 Å². The van der Waals surface area contributed by atoms with E-state index in [4.69, 9.17) is 5.11 Å². The second-order valence-electron chi connectivity index (χ2n) is 3.99. The average Bonchev–Trinajstić information content (AvgIpc) is 2.42. The van der Waals surface area contributed by atoms with Crippen molar-refractivity contribution in [1.29, 1.82) is 0 Å². The number of hydrogen-bond donors (Lipinski definition) is 3. The quantitative estimate of drug-likeness (QED) is 0.619. The molecule has 0 spiro atoms. The molecule has 0 aliphatic heterocycles. The third-order valence-electron chi connectivity index (χ3n) is 2.32. The van der Waals surface area contributed by atoms with Gasteiger partial charge in [-0.05, 0) is 18.6 Å². The smallest absolute Gasteiger partial charge is 0.241 e. The lowest BCUT2D eigenvalue weighted by Crippen LogP contribution is -2.25.